The maximum absolute atomic E-state index is 14.5. The van der Waals surface area contributed by atoms with E-state index in [9.17, 15) is 18.4 Å². The molecule has 2 heterocycles. The molecule has 0 aliphatic heterocycles. The van der Waals surface area contributed by atoms with Crippen molar-refractivity contribution in [1.82, 2.24) is 14.9 Å². The summed E-state index contributed by atoms with van der Waals surface area (Å²) in [7, 11) is 1.64. The molecule has 1 amide bonds. The fourth-order valence-electron chi connectivity index (χ4n) is 3.18. The van der Waals surface area contributed by atoms with Crippen LogP contribution in [0.5, 0.6) is 0 Å². The first-order valence-corrected chi connectivity index (χ1v) is 10.0. The van der Waals surface area contributed by atoms with Crippen LogP contribution in [-0.2, 0) is 17.8 Å². The summed E-state index contributed by atoms with van der Waals surface area (Å²) in [4.78, 5) is 33.3. The molecule has 1 aromatic carbocycles. The second kappa shape index (κ2) is 10.0. The molecule has 0 spiro atoms. The van der Waals surface area contributed by atoms with Gasteiger partial charge in [-0.25, -0.2) is 9.37 Å². The molecule has 3 aromatic rings. The Kier molecular flexibility index (Phi) is 7.18. The van der Waals surface area contributed by atoms with E-state index in [-0.39, 0.29) is 36.8 Å². The number of benzene rings is 1. The molecule has 31 heavy (non-hydrogen) atoms. The summed E-state index contributed by atoms with van der Waals surface area (Å²) in [5, 5.41) is 0. The lowest BCUT2D eigenvalue weighted by atomic mass is 10.0. The molecule has 0 aliphatic carbocycles. The lowest BCUT2D eigenvalue weighted by Crippen LogP contribution is -2.25. The van der Waals surface area contributed by atoms with Crippen molar-refractivity contribution in [2.45, 2.75) is 32.7 Å². The van der Waals surface area contributed by atoms with Crippen molar-refractivity contribution in [3.05, 3.63) is 83.4 Å². The third-order valence-electron chi connectivity index (χ3n) is 5.03. The van der Waals surface area contributed by atoms with Crippen molar-refractivity contribution in [3.8, 4) is 11.1 Å². The molecule has 0 saturated carbocycles. The zero-order valence-corrected chi connectivity index (χ0v) is 17.4. The number of rotatable bonds is 8. The van der Waals surface area contributed by atoms with E-state index in [0.717, 1.165) is 0 Å². The van der Waals surface area contributed by atoms with Gasteiger partial charge in [0.1, 0.15) is 11.5 Å². The predicted octanol–water partition coefficient (Wildman–Crippen LogP) is 4.61. The number of carbonyl (C=O) groups excluding carboxylic acids is 2. The Morgan fingerprint density at radius 3 is 2.42 bits per heavy atom. The molecule has 0 aliphatic rings. The summed E-state index contributed by atoms with van der Waals surface area (Å²) >= 11 is 0. The van der Waals surface area contributed by atoms with Gasteiger partial charge in [0.25, 0.3) is 0 Å². The zero-order valence-electron chi connectivity index (χ0n) is 17.4. The molecule has 0 fully saturated rings. The first-order chi connectivity index (χ1) is 14.9. The van der Waals surface area contributed by atoms with Crippen molar-refractivity contribution >= 4 is 11.7 Å². The minimum Gasteiger partial charge on any atom is -0.341 e. The normalized spacial score (nSPS) is 10.7. The van der Waals surface area contributed by atoms with Crippen LogP contribution in [-0.4, -0.2) is 33.6 Å². The minimum absolute atomic E-state index is 0.0563. The van der Waals surface area contributed by atoms with Crippen LogP contribution in [0.15, 0.2) is 54.9 Å². The summed E-state index contributed by atoms with van der Waals surface area (Å²) in [5.41, 5.74) is 2.36. The average molecular weight is 423 g/mol. The maximum atomic E-state index is 14.5. The Labute approximate surface area is 179 Å². The number of nitrogens with zero attached hydrogens (tertiary/aromatic N) is 3. The van der Waals surface area contributed by atoms with Gasteiger partial charge >= 0.3 is 0 Å². The smallest absolute Gasteiger partial charge is 0.222 e. The van der Waals surface area contributed by atoms with Crippen LogP contribution < -0.4 is 0 Å². The van der Waals surface area contributed by atoms with Gasteiger partial charge in [0.05, 0.1) is 0 Å². The Balaban J connectivity index is 1.66. The quantitative estimate of drug-likeness (QED) is 0.392. The van der Waals surface area contributed by atoms with E-state index >= 15 is 0 Å². The number of Topliss-reactive ketones (excluding diaryl/α,β-unsaturated/α-hetero) is 1. The number of carbonyl (C=O) groups is 2. The van der Waals surface area contributed by atoms with Gasteiger partial charge in [-0.2, -0.15) is 4.39 Å². The molecule has 0 radical (unpaired) electrons. The highest BCUT2D eigenvalue weighted by atomic mass is 19.1. The van der Waals surface area contributed by atoms with Crippen LogP contribution in [0.4, 0.5) is 8.78 Å². The van der Waals surface area contributed by atoms with E-state index < -0.39 is 11.8 Å². The summed E-state index contributed by atoms with van der Waals surface area (Å²) in [5.74, 6) is -1.25. The molecule has 160 valence electrons. The summed E-state index contributed by atoms with van der Waals surface area (Å²) < 4.78 is 28.1. The molecule has 7 heteroatoms. The molecule has 5 nitrogen and oxygen atoms in total. The number of halogens is 2. The third-order valence-corrected chi connectivity index (χ3v) is 5.03. The second-order valence-corrected chi connectivity index (χ2v) is 7.22. The van der Waals surface area contributed by atoms with Crippen LogP contribution in [0, 0.1) is 11.8 Å². The third kappa shape index (κ3) is 5.57. The van der Waals surface area contributed by atoms with Crippen LogP contribution in [0.1, 0.15) is 41.4 Å². The molecule has 0 atom stereocenters. The Morgan fingerprint density at radius 2 is 1.77 bits per heavy atom. The van der Waals surface area contributed by atoms with Crippen LogP contribution in [0.3, 0.4) is 0 Å². The van der Waals surface area contributed by atoms with Crippen molar-refractivity contribution < 1.29 is 18.4 Å². The van der Waals surface area contributed by atoms with Crippen molar-refractivity contribution in [2.24, 2.45) is 0 Å². The highest BCUT2D eigenvalue weighted by Crippen LogP contribution is 2.23. The highest BCUT2D eigenvalue weighted by Gasteiger charge is 2.13. The number of ketones is 1. The van der Waals surface area contributed by atoms with Gasteiger partial charge in [-0.15, -0.1) is 0 Å². The average Bonchev–Trinajstić information content (AvgIpc) is 2.79. The summed E-state index contributed by atoms with van der Waals surface area (Å²) in [6.07, 6.45) is 3.59. The highest BCUT2D eigenvalue weighted by molar-refractivity contribution is 5.94. The van der Waals surface area contributed by atoms with Crippen molar-refractivity contribution in [1.29, 1.82) is 0 Å². The molecule has 0 saturated heterocycles. The van der Waals surface area contributed by atoms with Gasteiger partial charge in [0.2, 0.25) is 11.9 Å². The van der Waals surface area contributed by atoms with Crippen LogP contribution >= 0.6 is 0 Å². The predicted molar refractivity (Wildman–Crippen MR) is 113 cm³/mol. The topological polar surface area (TPSA) is 63.2 Å². The molecule has 0 N–H and O–H groups in total. The Bertz CT molecular complexity index is 1080. The number of hydrogen-bond donors (Lipinski definition) is 0. The SMILES string of the molecule is CCC(=O)N(C)Cc1ccc(-c2ccc(C(=O)CCc3cccnc3F)nc2)cc1F. The molecule has 0 unspecified atom stereocenters. The molecule has 0 bridgehead atoms. The first kappa shape index (κ1) is 22.2. The lowest BCUT2D eigenvalue weighted by molar-refractivity contribution is -0.130. The van der Waals surface area contributed by atoms with Crippen molar-refractivity contribution in [3.63, 3.8) is 0 Å². The van der Waals surface area contributed by atoms with Gasteiger partial charge in [0.15, 0.2) is 5.78 Å². The number of amides is 1. The van der Waals surface area contributed by atoms with E-state index in [0.29, 0.717) is 28.7 Å². The van der Waals surface area contributed by atoms with Gasteiger partial charge < -0.3 is 4.90 Å². The number of aryl methyl sites for hydroxylation is 1. The van der Waals surface area contributed by atoms with Gasteiger partial charge in [-0.05, 0) is 30.2 Å². The first-order valence-electron chi connectivity index (χ1n) is 10.0. The van der Waals surface area contributed by atoms with Crippen molar-refractivity contribution in [2.75, 3.05) is 7.05 Å². The Morgan fingerprint density at radius 1 is 1.00 bits per heavy atom. The summed E-state index contributed by atoms with van der Waals surface area (Å²) in [6, 6.07) is 11.3. The standard InChI is InChI=1S/C24H23F2N3O2/c1-3-23(31)29(2)15-19-7-6-17(13-20(19)25)18-8-10-21(28-14-18)22(30)11-9-16-5-4-12-27-24(16)26/h4-8,10,12-14H,3,9,11,15H2,1-2H3. The fraction of sp³-hybridized carbons (Fsp3) is 0.250. The largest absolute Gasteiger partial charge is 0.341 e. The number of aromatic nitrogens is 2. The summed E-state index contributed by atoms with van der Waals surface area (Å²) in [6.45, 7) is 1.96. The van der Waals surface area contributed by atoms with E-state index in [1.807, 2.05) is 0 Å². The zero-order chi connectivity index (χ0) is 22.4. The van der Waals surface area contributed by atoms with Crippen LogP contribution in [0.25, 0.3) is 11.1 Å². The number of pyridine rings is 2. The van der Waals surface area contributed by atoms with E-state index in [2.05, 4.69) is 9.97 Å². The minimum atomic E-state index is -0.575. The molecular weight excluding hydrogens is 400 g/mol. The van der Waals surface area contributed by atoms with Crippen LogP contribution in [0.2, 0.25) is 0 Å². The van der Waals surface area contributed by atoms with E-state index in [1.165, 1.54) is 23.4 Å². The lowest BCUT2D eigenvalue weighted by Gasteiger charge is -2.17. The van der Waals surface area contributed by atoms with Gasteiger partial charge in [-0.1, -0.05) is 31.2 Å². The Hall–Kier alpha value is -3.48. The maximum Gasteiger partial charge on any atom is 0.222 e. The number of hydrogen-bond acceptors (Lipinski definition) is 4. The second-order valence-electron chi connectivity index (χ2n) is 7.22. The molecule has 3 rings (SSSR count). The van der Waals surface area contributed by atoms with Gasteiger partial charge in [0, 0.05) is 55.5 Å². The molecular formula is C24H23F2N3O2. The van der Waals surface area contributed by atoms with E-state index in [1.54, 1.807) is 50.4 Å². The van der Waals surface area contributed by atoms with Gasteiger partial charge in [-0.3, -0.25) is 14.6 Å². The monoisotopic (exact) mass is 423 g/mol. The van der Waals surface area contributed by atoms with E-state index in [4.69, 9.17) is 0 Å². The molecule has 2 aromatic heterocycles. The fourth-order valence-corrected chi connectivity index (χ4v) is 3.18.